The van der Waals surface area contributed by atoms with Crippen LogP contribution >= 0.6 is 0 Å². The van der Waals surface area contributed by atoms with Gasteiger partial charge < -0.3 is 10.1 Å². The molecule has 1 saturated heterocycles. The van der Waals surface area contributed by atoms with Gasteiger partial charge in [0, 0.05) is 23.1 Å². The lowest BCUT2D eigenvalue weighted by atomic mass is 9.89. The van der Waals surface area contributed by atoms with Crippen molar-refractivity contribution in [2.75, 3.05) is 6.61 Å². The van der Waals surface area contributed by atoms with Crippen molar-refractivity contribution < 1.29 is 13.9 Å². The van der Waals surface area contributed by atoms with Gasteiger partial charge in [0.25, 0.3) is 0 Å². The SMILES string of the molecule is CC1(c2cc(N=C(c3ccccc3)c3ccccc3)ccc2F)CO[C@H](Cc2ccccc2)C(=O)N1. The van der Waals surface area contributed by atoms with Crippen LogP contribution in [0.1, 0.15) is 29.2 Å². The number of nitrogens with zero attached hydrogens (tertiary/aromatic N) is 1. The lowest BCUT2D eigenvalue weighted by Crippen LogP contribution is -2.57. The Labute approximate surface area is 210 Å². The number of aliphatic imine (C=N–C) groups is 1. The van der Waals surface area contributed by atoms with Gasteiger partial charge in [-0.1, -0.05) is 91.0 Å². The predicted molar refractivity (Wildman–Crippen MR) is 140 cm³/mol. The number of hydrogen-bond acceptors (Lipinski definition) is 3. The molecule has 4 nitrogen and oxygen atoms in total. The van der Waals surface area contributed by atoms with Crippen molar-refractivity contribution in [2.45, 2.75) is 25.0 Å². The average molecular weight is 479 g/mol. The Hall–Kier alpha value is -4.09. The number of hydrogen-bond donors (Lipinski definition) is 1. The molecule has 2 atom stereocenters. The van der Waals surface area contributed by atoms with E-state index in [4.69, 9.17) is 9.73 Å². The summed E-state index contributed by atoms with van der Waals surface area (Å²) in [6, 6.07) is 34.2. The number of morpholine rings is 1. The van der Waals surface area contributed by atoms with Crippen molar-refractivity contribution in [3.05, 3.63) is 137 Å². The summed E-state index contributed by atoms with van der Waals surface area (Å²) in [5.41, 5.74) is 3.63. The molecule has 0 saturated carbocycles. The maximum absolute atomic E-state index is 15.1. The number of halogens is 1. The van der Waals surface area contributed by atoms with Gasteiger partial charge in [-0.2, -0.15) is 0 Å². The molecule has 5 rings (SSSR count). The van der Waals surface area contributed by atoms with E-state index in [2.05, 4.69) is 5.32 Å². The highest BCUT2D eigenvalue weighted by Crippen LogP contribution is 2.32. The summed E-state index contributed by atoms with van der Waals surface area (Å²) in [6.45, 7) is 1.94. The van der Waals surface area contributed by atoms with Gasteiger partial charge in [-0.05, 0) is 30.7 Å². The van der Waals surface area contributed by atoms with Crippen LogP contribution < -0.4 is 5.32 Å². The molecule has 4 aromatic rings. The zero-order chi connectivity index (χ0) is 25.0. The summed E-state index contributed by atoms with van der Waals surface area (Å²) >= 11 is 0. The van der Waals surface area contributed by atoms with Gasteiger partial charge in [0.1, 0.15) is 11.9 Å². The molecule has 1 amide bonds. The summed E-state index contributed by atoms with van der Waals surface area (Å²) in [5.74, 6) is -0.669. The molecule has 5 heteroatoms. The minimum absolute atomic E-state index is 0.157. The Morgan fingerprint density at radius 3 is 2.08 bits per heavy atom. The van der Waals surface area contributed by atoms with E-state index in [-0.39, 0.29) is 12.5 Å². The summed E-state index contributed by atoms with van der Waals surface area (Å²) < 4.78 is 21.1. The van der Waals surface area contributed by atoms with Crippen LogP contribution in [0, 0.1) is 5.82 Å². The van der Waals surface area contributed by atoms with E-state index in [9.17, 15) is 4.79 Å². The standard InChI is InChI=1S/C31H27FN2O2/c1-31(21-36-28(30(35)34-31)19-22-11-5-2-6-12-22)26-20-25(17-18-27(26)32)33-29(23-13-7-3-8-14-23)24-15-9-4-10-16-24/h2-18,20,28H,19,21H2,1H3,(H,34,35)/t28-,31?/m1/s1. The maximum atomic E-state index is 15.1. The van der Waals surface area contributed by atoms with E-state index in [1.54, 1.807) is 19.1 Å². The van der Waals surface area contributed by atoms with Gasteiger partial charge in [-0.15, -0.1) is 0 Å². The molecule has 1 unspecified atom stereocenters. The molecule has 36 heavy (non-hydrogen) atoms. The van der Waals surface area contributed by atoms with Crippen LogP contribution in [0.2, 0.25) is 0 Å². The first-order valence-electron chi connectivity index (χ1n) is 12.0. The molecule has 0 spiro atoms. The predicted octanol–water partition coefficient (Wildman–Crippen LogP) is 5.97. The summed E-state index contributed by atoms with van der Waals surface area (Å²) in [6.07, 6.45) is -0.153. The number of nitrogens with one attached hydrogen (secondary N) is 1. The molecule has 0 aromatic heterocycles. The van der Waals surface area contributed by atoms with Gasteiger partial charge in [0.05, 0.1) is 23.5 Å². The fourth-order valence-electron chi connectivity index (χ4n) is 4.48. The second kappa shape index (κ2) is 10.3. The second-order valence-corrected chi connectivity index (χ2v) is 9.17. The monoisotopic (exact) mass is 478 g/mol. The first-order chi connectivity index (χ1) is 17.5. The van der Waals surface area contributed by atoms with Crippen LogP contribution in [0.25, 0.3) is 0 Å². The Balaban J connectivity index is 1.45. The number of amides is 1. The zero-order valence-corrected chi connectivity index (χ0v) is 20.0. The van der Waals surface area contributed by atoms with Crippen LogP contribution in [0.5, 0.6) is 0 Å². The number of benzene rings is 4. The fraction of sp³-hybridized carbons (Fsp3) is 0.161. The third-order valence-electron chi connectivity index (χ3n) is 6.41. The number of carbonyl (C=O) groups excluding carboxylic acids is 1. The van der Waals surface area contributed by atoms with Crippen molar-refractivity contribution in [3.8, 4) is 0 Å². The Kier molecular flexibility index (Phi) is 6.74. The van der Waals surface area contributed by atoms with Crippen molar-refractivity contribution >= 4 is 17.3 Å². The summed E-state index contributed by atoms with van der Waals surface area (Å²) in [7, 11) is 0. The number of carbonyl (C=O) groups is 1. The van der Waals surface area contributed by atoms with Gasteiger partial charge in [0.2, 0.25) is 5.91 Å². The zero-order valence-electron chi connectivity index (χ0n) is 20.0. The van der Waals surface area contributed by atoms with Crippen molar-refractivity contribution in [1.29, 1.82) is 0 Å². The van der Waals surface area contributed by atoms with Crippen LogP contribution in [0.15, 0.2) is 114 Å². The largest absolute Gasteiger partial charge is 0.365 e. The topological polar surface area (TPSA) is 50.7 Å². The smallest absolute Gasteiger partial charge is 0.250 e. The number of rotatable bonds is 6. The first-order valence-corrected chi connectivity index (χ1v) is 12.0. The quantitative estimate of drug-likeness (QED) is 0.347. The van der Waals surface area contributed by atoms with E-state index in [1.807, 2.05) is 91.0 Å². The van der Waals surface area contributed by atoms with E-state index in [1.165, 1.54) is 6.07 Å². The van der Waals surface area contributed by atoms with Gasteiger partial charge >= 0.3 is 0 Å². The highest BCUT2D eigenvalue weighted by Gasteiger charge is 2.40. The molecule has 1 fully saturated rings. The van der Waals surface area contributed by atoms with Gasteiger partial charge in [-0.3, -0.25) is 4.79 Å². The Morgan fingerprint density at radius 1 is 0.917 bits per heavy atom. The lowest BCUT2D eigenvalue weighted by Gasteiger charge is -2.38. The lowest BCUT2D eigenvalue weighted by molar-refractivity contribution is -0.145. The summed E-state index contributed by atoms with van der Waals surface area (Å²) in [5, 5.41) is 3.01. The highest BCUT2D eigenvalue weighted by atomic mass is 19.1. The highest BCUT2D eigenvalue weighted by molar-refractivity contribution is 6.13. The van der Waals surface area contributed by atoms with Crippen molar-refractivity contribution in [1.82, 2.24) is 5.32 Å². The fourth-order valence-corrected chi connectivity index (χ4v) is 4.48. The molecular weight excluding hydrogens is 451 g/mol. The average Bonchev–Trinajstić information content (AvgIpc) is 2.91. The molecule has 4 aromatic carbocycles. The molecule has 1 aliphatic heterocycles. The van der Waals surface area contributed by atoms with Crippen LogP contribution in [0.4, 0.5) is 10.1 Å². The molecule has 0 aliphatic carbocycles. The molecule has 1 N–H and O–H groups in total. The second-order valence-electron chi connectivity index (χ2n) is 9.17. The van der Waals surface area contributed by atoms with Crippen LogP contribution in [-0.2, 0) is 21.5 Å². The third-order valence-corrected chi connectivity index (χ3v) is 6.41. The summed E-state index contributed by atoms with van der Waals surface area (Å²) in [4.78, 5) is 17.9. The Bertz CT molecular complexity index is 1330. The maximum Gasteiger partial charge on any atom is 0.250 e. The molecule has 180 valence electrons. The van der Waals surface area contributed by atoms with E-state index in [0.717, 1.165) is 22.4 Å². The molecule has 0 bridgehead atoms. The molecule has 1 aliphatic rings. The van der Waals surface area contributed by atoms with E-state index in [0.29, 0.717) is 17.7 Å². The molecule has 0 radical (unpaired) electrons. The van der Waals surface area contributed by atoms with E-state index < -0.39 is 17.5 Å². The normalized spacial score (nSPS) is 19.4. The Morgan fingerprint density at radius 2 is 1.50 bits per heavy atom. The third kappa shape index (κ3) is 5.11. The van der Waals surface area contributed by atoms with Crippen LogP contribution in [0.3, 0.4) is 0 Å². The van der Waals surface area contributed by atoms with Gasteiger partial charge in [-0.25, -0.2) is 9.38 Å². The minimum Gasteiger partial charge on any atom is -0.365 e. The van der Waals surface area contributed by atoms with Crippen molar-refractivity contribution in [2.24, 2.45) is 4.99 Å². The van der Waals surface area contributed by atoms with Gasteiger partial charge in [0.15, 0.2) is 0 Å². The molecular formula is C31H27FN2O2. The first kappa shape index (κ1) is 23.6. The number of ether oxygens (including phenoxy) is 1. The van der Waals surface area contributed by atoms with E-state index >= 15 is 4.39 Å². The minimum atomic E-state index is -1.01. The van der Waals surface area contributed by atoms with Crippen LogP contribution in [-0.4, -0.2) is 24.3 Å². The van der Waals surface area contributed by atoms with Crippen molar-refractivity contribution in [3.63, 3.8) is 0 Å². The molecule has 1 heterocycles.